The molecule has 6 aromatic rings. The van der Waals surface area contributed by atoms with E-state index in [0.717, 1.165) is 15.6 Å². The molecule has 9 rings (SSSR count). The number of rotatable bonds is 4. The predicted octanol–water partition coefficient (Wildman–Crippen LogP) is 9.98. The zero-order valence-corrected chi connectivity index (χ0v) is 26.4. The van der Waals surface area contributed by atoms with Crippen molar-refractivity contribution in [2.75, 3.05) is 4.90 Å². The van der Waals surface area contributed by atoms with Gasteiger partial charge in [-0.3, -0.25) is 9.59 Å². The van der Waals surface area contributed by atoms with E-state index in [-0.39, 0.29) is 28.0 Å². The predicted molar refractivity (Wildman–Crippen MR) is 189 cm³/mol. The van der Waals surface area contributed by atoms with Crippen LogP contribution in [0.2, 0.25) is 0 Å². The van der Waals surface area contributed by atoms with Crippen LogP contribution in [0, 0.1) is 6.92 Å². The SMILES string of the molecule is Cc1ccc(-c2ccc3c(c2)C2CCCC2N3c2ccc3c(c2)sc2cc(/C=C4\C(=O)c5ccc(C(=O)O)cc5C4=O)ccc23)cc1. The molecule has 6 heteroatoms. The summed E-state index contributed by atoms with van der Waals surface area (Å²) in [7, 11) is 0. The molecule has 0 spiro atoms. The van der Waals surface area contributed by atoms with E-state index in [1.807, 2.05) is 12.1 Å². The van der Waals surface area contributed by atoms with Gasteiger partial charge in [-0.05, 0) is 96.6 Å². The van der Waals surface area contributed by atoms with Gasteiger partial charge in [-0.25, -0.2) is 4.79 Å². The molecule has 1 aromatic heterocycles. The summed E-state index contributed by atoms with van der Waals surface area (Å²) in [6.45, 7) is 2.12. The number of fused-ring (bicyclic) bond motifs is 7. The van der Waals surface area contributed by atoms with Crippen molar-refractivity contribution in [1.82, 2.24) is 0 Å². The van der Waals surface area contributed by atoms with Crippen molar-refractivity contribution in [1.29, 1.82) is 0 Å². The number of carboxylic acid groups (broad SMARTS) is 1. The number of hydrogen-bond acceptors (Lipinski definition) is 5. The first-order valence-electron chi connectivity index (χ1n) is 16.0. The molecular formula is C41H29NO4S. The Morgan fingerprint density at radius 1 is 0.787 bits per heavy atom. The summed E-state index contributed by atoms with van der Waals surface area (Å²) in [5.74, 6) is -1.40. The Bertz CT molecular complexity index is 2380. The number of aryl methyl sites for hydroxylation is 1. The van der Waals surface area contributed by atoms with Crippen molar-refractivity contribution < 1.29 is 19.5 Å². The van der Waals surface area contributed by atoms with Crippen LogP contribution in [0.5, 0.6) is 0 Å². The van der Waals surface area contributed by atoms with E-state index < -0.39 is 11.8 Å². The average Bonchev–Trinajstić information content (AvgIpc) is 3.82. The molecule has 1 fully saturated rings. The lowest BCUT2D eigenvalue weighted by Gasteiger charge is -2.27. The molecule has 47 heavy (non-hydrogen) atoms. The number of nitrogens with zero attached hydrogens (tertiary/aromatic N) is 1. The molecule has 2 aliphatic carbocycles. The Morgan fingerprint density at radius 3 is 2.34 bits per heavy atom. The minimum Gasteiger partial charge on any atom is -0.478 e. The Hall–Kier alpha value is -5.33. The third-order valence-electron chi connectivity index (χ3n) is 10.2. The zero-order valence-electron chi connectivity index (χ0n) is 25.6. The molecule has 228 valence electrons. The topological polar surface area (TPSA) is 74.7 Å². The third-order valence-corrected chi connectivity index (χ3v) is 11.3. The van der Waals surface area contributed by atoms with Gasteiger partial charge in [0.2, 0.25) is 0 Å². The lowest BCUT2D eigenvalue weighted by molar-refractivity contribution is 0.0696. The molecule has 0 amide bonds. The molecule has 0 bridgehead atoms. The van der Waals surface area contributed by atoms with E-state index in [1.54, 1.807) is 17.4 Å². The maximum atomic E-state index is 13.1. The number of carbonyl (C=O) groups excluding carboxylic acids is 2. The highest BCUT2D eigenvalue weighted by atomic mass is 32.1. The van der Waals surface area contributed by atoms with Crippen LogP contribution in [-0.4, -0.2) is 28.7 Å². The second-order valence-corrected chi connectivity index (χ2v) is 14.0. The van der Waals surface area contributed by atoms with Gasteiger partial charge in [-0.2, -0.15) is 0 Å². The Morgan fingerprint density at radius 2 is 1.53 bits per heavy atom. The monoisotopic (exact) mass is 631 g/mol. The minimum absolute atomic E-state index is 0.00918. The third kappa shape index (κ3) is 4.32. The number of benzene rings is 5. The lowest BCUT2D eigenvalue weighted by Crippen LogP contribution is -2.26. The number of ketones is 2. The summed E-state index contributed by atoms with van der Waals surface area (Å²) in [4.78, 5) is 40.2. The van der Waals surface area contributed by atoms with E-state index in [4.69, 9.17) is 0 Å². The quantitative estimate of drug-likeness (QED) is 0.155. The molecule has 5 nitrogen and oxygen atoms in total. The molecule has 2 unspecified atom stereocenters. The zero-order chi connectivity index (χ0) is 32.0. The normalized spacial score (nSPS) is 19.2. The molecule has 0 saturated heterocycles. The molecule has 1 saturated carbocycles. The first kappa shape index (κ1) is 27.9. The fourth-order valence-electron chi connectivity index (χ4n) is 7.89. The smallest absolute Gasteiger partial charge is 0.335 e. The average molecular weight is 632 g/mol. The Kier molecular flexibility index (Phi) is 6.15. The van der Waals surface area contributed by atoms with Crippen LogP contribution >= 0.6 is 11.3 Å². The van der Waals surface area contributed by atoms with Gasteiger partial charge < -0.3 is 10.0 Å². The van der Waals surface area contributed by atoms with Crippen molar-refractivity contribution >= 4 is 66.5 Å². The minimum atomic E-state index is -1.13. The highest BCUT2D eigenvalue weighted by Gasteiger charge is 2.42. The summed E-state index contributed by atoms with van der Waals surface area (Å²) in [5.41, 5.74) is 9.00. The standard InChI is InChI=1S/C41H29NO4S/c1-22-5-8-24(9-6-22)25-11-16-36-32(19-25)28-3-2-4-35(28)42(36)27-12-15-30-29-13-7-23(18-37(29)47-38(30)21-27)17-34-39(43)31-14-10-26(41(45)46)20-33(31)40(34)44/h5-21,28,35H,2-4H2,1H3,(H,45,46)/b34-17+. The van der Waals surface area contributed by atoms with Gasteiger partial charge >= 0.3 is 5.97 Å². The summed E-state index contributed by atoms with van der Waals surface area (Å²) in [6, 6.07) is 33.1. The number of carboxylic acids is 1. The van der Waals surface area contributed by atoms with Gasteiger partial charge in [0.15, 0.2) is 11.6 Å². The van der Waals surface area contributed by atoms with Crippen LogP contribution in [0.15, 0.2) is 103 Å². The van der Waals surface area contributed by atoms with E-state index in [2.05, 4.69) is 78.6 Å². The van der Waals surface area contributed by atoms with Crippen molar-refractivity contribution in [3.8, 4) is 11.1 Å². The molecule has 1 N–H and O–H groups in total. The molecule has 2 atom stereocenters. The Balaban J connectivity index is 1.07. The van der Waals surface area contributed by atoms with Crippen molar-refractivity contribution in [2.24, 2.45) is 0 Å². The number of allylic oxidation sites excluding steroid dienone is 1. The summed E-state index contributed by atoms with van der Waals surface area (Å²) in [6.07, 6.45) is 5.26. The number of carbonyl (C=O) groups is 3. The van der Waals surface area contributed by atoms with Gasteiger partial charge in [0.25, 0.3) is 0 Å². The van der Waals surface area contributed by atoms with Gasteiger partial charge in [0.1, 0.15) is 0 Å². The fourth-order valence-corrected chi connectivity index (χ4v) is 9.08. The first-order chi connectivity index (χ1) is 22.8. The second kappa shape index (κ2) is 10.3. The van der Waals surface area contributed by atoms with Gasteiger partial charge in [-0.15, -0.1) is 11.3 Å². The van der Waals surface area contributed by atoms with Crippen LogP contribution in [0.1, 0.15) is 72.9 Å². The van der Waals surface area contributed by atoms with Crippen LogP contribution in [0.25, 0.3) is 37.4 Å². The fraction of sp³-hybridized carbons (Fsp3) is 0.146. The van der Waals surface area contributed by atoms with Gasteiger partial charge in [-0.1, -0.05) is 60.5 Å². The molecular weight excluding hydrogens is 603 g/mol. The lowest BCUT2D eigenvalue weighted by atomic mass is 9.94. The Labute approximate surface area is 275 Å². The van der Waals surface area contributed by atoms with Crippen molar-refractivity contribution in [3.63, 3.8) is 0 Å². The highest BCUT2D eigenvalue weighted by molar-refractivity contribution is 7.25. The van der Waals surface area contributed by atoms with E-state index >= 15 is 0 Å². The van der Waals surface area contributed by atoms with Crippen LogP contribution in [-0.2, 0) is 0 Å². The summed E-state index contributed by atoms with van der Waals surface area (Å²) in [5, 5.41) is 11.7. The van der Waals surface area contributed by atoms with Crippen LogP contribution in [0.3, 0.4) is 0 Å². The maximum absolute atomic E-state index is 13.1. The van der Waals surface area contributed by atoms with E-state index in [0.29, 0.717) is 12.0 Å². The first-order valence-corrected chi connectivity index (χ1v) is 16.8. The number of anilines is 2. The number of thiophene rings is 1. The van der Waals surface area contributed by atoms with E-state index in [1.165, 1.54) is 81.2 Å². The molecule has 1 aliphatic heterocycles. The molecule has 3 aliphatic rings. The second-order valence-electron chi connectivity index (χ2n) is 12.9. The van der Waals surface area contributed by atoms with E-state index in [9.17, 15) is 19.5 Å². The molecule has 0 radical (unpaired) electrons. The number of aromatic carboxylic acids is 1. The molecule has 5 aromatic carbocycles. The van der Waals surface area contributed by atoms with Gasteiger partial charge in [0.05, 0.1) is 11.1 Å². The number of Topliss-reactive ketones (excluding diaryl/α,β-unsaturated/α-hetero) is 2. The summed E-state index contributed by atoms with van der Waals surface area (Å²) < 4.78 is 2.28. The maximum Gasteiger partial charge on any atom is 0.335 e. The van der Waals surface area contributed by atoms with Crippen LogP contribution < -0.4 is 4.90 Å². The van der Waals surface area contributed by atoms with Crippen LogP contribution in [0.4, 0.5) is 11.4 Å². The van der Waals surface area contributed by atoms with Crippen molar-refractivity contribution in [2.45, 2.75) is 38.1 Å². The van der Waals surface area contributed by atoms with Crippen molar-refractivity contribution in [3.05, 3.63) is 136 Å². The largest absolute Gasteiger partial charge is 0.478 e. The van der Waals surface area contributed by atoms with Gasteiger partial charge in [0, 0.05) is 54.6 Å². The highest BCUT2D eigenvalue weighted by Crippen LogP contribution is 2.53. The summed E-state index contributed by atoms with van der Waals surface area (Å²) >= 11 is 1.72. The molecule has 2 heterocycles. The number of hydrogen-bond donors (Lipinski definition) is 1.